The van der Waals surface area contributed by atoms with E-state index >= 15 is 0 Å². The molecule has 164 valence electrons. The number of carbonyl (C=O) groups is 2. The molecule has 1 aliphatic heterocycles. The zero-order chi connectivity index (χ0) is 21.8. The second kappa shape index (κ2) is 9.45. The van der Waals surface area contributed by atoms with Crippen molar-refractivity contribution in [2.45, 2.75) is 32.0 Å². The second-order valence-electron chi connectivity index (χ2n) is 8.11. The molecular formula is C23H28N4O4. The zero-order valence-electron chi connectivity index (χ0n) is 17.7. The SMILES string of the molecule is CNC(=O)c1cc(C(=O)NC2CC2)cn(Cc2cccc(CN3CCOCC3)c2)c1=O. The minimum absolute atomic E-state index is 0.0320. The van der Waals surface area contributed by atoms with Crippen molar-refractivity contribution in [1.29, 1.82) is 0 Å². The number of aromatic nitrogens is 1. The maximum atomic E-state index is 12.9. The Morgan fingerprint density at radius 3 is 2.45 bits per heavy atom. The number of hydrogen-bond acceptors (Lipinski definition) is 5. The van der Waals surface area contributed by atoms with E-state index in [0.29, 0.717) is 5.56 Å². The third-order valence-corrected chi connectivity index (χ3v) is 5.59. The Kier molecular flexibility index (Phi) is 6.48. The van der Waals surface area contributed by atoms with E-state index in [2.05, 4.69) is 27.7 Å². The Labute approximate surface area is 181 Å². The van der Waals surface area contributed by atoms with Crippen LogP contribution in [-0.2, 0) is 17.8 Å². The molecule has 8 heteroatoms. The van der Waals surface area contributed by atoms with Crippen LogP contribution in [0.15, 0.2) is 41.3 Å². The summed E-state index contributed by atoms with van der Waals surface area (Å²) in [5, 5.41) is 5.41. The molecule has 1 aliphatic carbocycles. The Hall–Kier alpha value is -2.97. The number of rotatable bonds is 7. The molecule has 1 saturated heterocycles. The van der Waals surface area contributed by atoms with Crippen LogP contribution in [0, 0.1) is 0 Å². The van der Waals surface area contributed by atoms with E-state index in [1.165, 1.54) is 17.7 Å². The van der Waals surface area contributed by atoms with Gasteiger partial charge in [-0.1, -0.05) is 24.3 Å². The van der Waals surface area contributed by atoms with Gasteiger partial charge in [0.25, 0.3) is 17.4 Å². The summed E-state index contributed by atoms with van der Waals surface area (Å²) >= 11 is 0. The summed E-state index contributed by atoms with van der Waals surface area (Å²) in [4.78, 5) is 40.1. The highest BCUT2D eigenvalue weighted by Crippen LogP contribution is 2.19. The second-order valence-corrected chi connectivity index (χ2v) is 8.11. The summed E-state index contributed by atoms with van der Waals surface area (Å²) in [6, 6.07) is 9.62. The third kappa shape index (κ3) is 5.39. The molecular weight excluding hydrogens is 396 g/mol. The van der Waals surface area contributed by atoms with Crippen molar-refractivity contribution in [1.82, 2.24) is 20.1 Å². The number of nitrogens with one attached hydrogen (secondary N) is 2. The number of ether oxygens (including phenoxy) is 1. The molecule has 0 atom stereocenters. The number of pyridine rings is 1. The first kappa shape index (κ1) is 21.3. The topological polar surface area (TPSA) is 92.7 Å². The van der Waals surface area contributed by atoms with Crippen molar-refractivity contribution < 1.29 is 14.3 Å². The van der Waals surface area contributed by atoms with Crippen LogP contribution >= 0.6 is 0 Å². The highest BCUT2D eigenvalue weighted by molar-refractivity contribution is 5.99. The van der Waals surface area contributed by atoms with Crippen LogP contribution in [0.25, 0.3) is 0 Å². The summed E-state index contributed by atoms with van der Waals surface area (Å²) in [7, 11) is 1.47. The third-order valence-electron chi connectivity index (χ3n) is 5.59. The molecule has 4 rings (SSSR count). The van der Waals surface area contributed by atoms with Crippen LogP contribution < -0.4 is 16.2 Å². The molecule has 2 amide bonds. The molecule has 1 saturated carbocycles. The summed E-state index contributed by atoms with van der Waals surface area (Å²) in [5.74, 6) is -0.761. The highest BCUT2D eigenvalue weighted by Gasteiger charge is 2.25. The van der Waals surface area contributed by atoms with E-state index in [0.717, 1.165) is 56.8 Å². The lowest BCUT2D eigenvalue weighted by atomic mass is 10.1. The fraction of sp³-hybridized carbons (Fsp3) is 0.435. The van der Waals surface area contributed by atoms with Crippen molar-refractivity contribution in [2.24, 2.45) is 0 Å². The van der Waals surface area contributed by atoms with E-state index in [-0.39, 0.29) is 24.1 Å². The fourth-order valence-electron chi connectivity index (χ4n) is 3.71. The number of benzene rings is 1. The maximum absolute atomic E-state index is 12.9. The number of carbonyl (C=O) groups excluding carboxylic acids is 2. The van der Waals surface area contributed by atoms with Crippen LogP contribution in [-0.4, -0.2) is 60.7 Å². The number of nitrogens with zero attached hydrogens (tertiary/aromatic N) is 2. The number of amides is 2. The largest absolute Gasteiger partial charge is 0.379 e. The Morgan fingerprint density at radius 1 is 1.06 bits per heavy atom. The average Bonchev–Trinajstić information content (AvgIpc) is 3.59. The summed E-state index contributed by atoms with van der Waals surface area (Å²) < 4.78 is 6.85. The van der Waals surface area contributed by atoms with Gasteiger partial charge in [0.05, 0.1) is 25.3 Å². The van der Waals surface area contributed by atoms with Crippen LogP contribution in [0.4, 0.5) is 0 Å². The molecule has 2 heterocycles. The lowest BCUT2D eigenvalue weighted by molar-refractivity contribution is 0.0342. The predicted octanol–water partition coefficient (Wildman–Crippen LogP) is 0.981. The van der Waals surface area contributed by atoms with Gasteiger partial charge in [0.2, 0.25) is 0 Å². The van der Waals surface area contributed by atoms with E-state index in [4.69, 9.17) is 4.74 Å². The molecule has 0 bridgehead atoms. The first-order valence-electron chi connectivity index (χ1n) is 10.7. The normalized spacial score (nSPS) is 16.7. The molecule has 0 spiro atoms. The summed E-state index contributed by atoms with van der Waals surface area (Å²) in [5.41, 5.74) is 1.96. The van der Waals surface area contributed by atoms with Gasteiger partial charge in [0.1, 0.15) is 5.56 Å². The Morgan fingerprint density at radius 2 is 1.77 bits per heavy atom. The van der Waals surface area contributed by atoms with Gasteiger partial charge >= 0.3 is 0 Å². The minimum atomic E-state index is -0.499. The van der Waals surface area contributed by atoms with Gasteiger partial charge in [-0.15, -0.1) is 0 Å². The smallest absolute Gasteiger partial charge is 0.263 e. The standard InChI is InChI=1S/C23H28N4O4/c1-24-22(29)20-12-18(21(28)25-19-5-6-19)15-27(23(20)30)14-17-4-2-3-16(11-17)13-26-7-9-31-10-8-26/h2-4,11-12,15,19H,5-10,13-14H2,1H3,(H,24,29)(H,25,28). The van der Waals surface area contributed by atoms with E-state index in [9.17, 15) is 14.4 Å². The average molecular weight is 425 g/mol. The molecule has 1 aromatic heterocycles. The van der Waals surface area contributed by atoms with Crippen molar-refractivity contribution >= 4 is 11.8 Å². The van der Waals surface area contributed by atoms with Crippen molar-refractivity contribution in [2.75, 3.05) is 33.4 Å². The lowest BCUT2D eigenvalue weighted by Crippen LogP contribution is -2.35. The van der Waals surface area contributed by atoms with Crippen LogP contribution in [0.5, 0.6) is 0 Å². The molecule has 1 aromatic carbocycles. The summed E-state index contributed by atoms with van der Waals surface area (Å²) in [6.45, 7) is 4.39. The summed E-state index contributed by atoms with van der Waals surface area (Å²) in [6.07, 6.45) is 3.47. The molecule has 0 unspecified atom stereocenters. The Bertz CT molecular complexity index is 1020. The number of hydrogen-bond donors (Lipinski definition) is 2. The first-order chi connectivity index (χ1) is 15.0. The van der Waals surface area contributed by atoms with Gasteiger partial charge < -0.3 is 19.9 Å². The highest BCUT2D eigenvalue weighted by atomic mass is 16.5. The zero-order valence-corrected chi connectivity index (χ0v) is 17.7. The molecule has 8 nitrogen and oxygen atoms in total. The van der Waals surface area contributed by atoms with Gasteiger partial charge in [0, 0.05) is 38.9 Å². The van der Waals surface area contributed by atoms with Crippen molar-refractivity contribution in [3.63, 3.8) is 0 Å². The van der Waals surface area contributed by atoms with E-state index in [1.54, 1.807) is 6.20 Å². The van der Waals surface area contributed by atoms with Crippen LogP contribution in [0.1, 0.15) is 44.7 Å². The van der Waals surface area contributed by atoms with E-state index < -0.39 is 11.5 Å². The van der Waals surface area contributed by atoms with Gasteiger partial charge in [-0.25, -0.2) is 0 Å². The molecule has 2 aliphatic rings. The monoisotopic (exact) mass is 424 g/mol. The first-order valence-corrected chi connectivity index (χ1v) is 10.7. The van der Waals surface area contributed by atoms with Crippen LogP contribution in [0.2, 0.25) is 0 Å². The molecule has 0 radical (unpaired) electrons. The van der Waals surface area contributed by atoms with Gasteiger partial charge in [-0.2, -0.15) is 0 Å². The van der Waals surface area contributed by atoms with Gasteiger partial charge in [-0.05, 0) is 30.0 Å². The molecule has 2 fully saturated rings. The van der Waals surface area contributed by atoms with Crippen molar-refractivity contribution in [3.05, 3.63) is 69.1 Å². The maximum Gasteiger partial charge on any atom is 0.263 e. The number of morpholine rings is 1. The van der Waals surface area contributed by atoms with Crippen LogP contribution in [0.3, 0.4) is 0 Å². The fourth-order valence-corrected chi connectivity index (χ4v) is 3.71. The molecule has 2 N–H and O–H groups in total. The molecule has 31 heavy (non-hydrogen) atoms. The quantitative estimate of drug-likeness (QED) is 0.691. The van der Waals surface area contributed by atoms with E-state index in [1.807, 2.05) is 12.1 Å². The Balaban J connectivity index is 1.59. The van der Waals surface area contributed by atoms with Gasteiger partial charge in [0.15, 0.2) is 0 Å². The minimum Gasteiger partial charge on any atom is -0.379 e. The predicted molar refractivity (Wildman–Crippen MR) is 116 cm³/mol. The molecule has 2 aromatic rings. The van der Waals surface area contributed by atoms with Crippen molar-refractivity contribution in [3.8, 4) is 0 Å². The lowest BCUT2D eigenvalue weighted by Gasteiger charge is -2.26. The van der Waals surface area contributed by atoms with Gasteiger partial charge in [-0.3, -0.25) is 19.3 Å².